The molecule has 0 saturated carbocycles. The molecule has 3 aromatic carbocycles. The molecular weight excluding hydrogens is 422 g/mol. The van der Waals surface area contributed by atoms with Crippen molar-refractivity contribution in [2.24, 2.45) is 0 Å². The number of ether oxygens (including phenoxy) is 1. The van der Waals surface area contributed by atoms with E-state index in [1.165, 1.54) is 24.3 Å². The Balaban J connectivity index is 1.43. The third-order valence-electron chi connectivity index (χ3n) is 6.16. The van der Waals surface area contributed by atoms with Gasteiger partial charge in [-0.15, -0.1) is 0 Å². The maximum Gasteiger partial charge on any atom is 0.123 e. The quantitative estimate of drug-likeness (QED) is 0.458. The molecule has 0 unspecified atom stereocenters. The van der Waals surface area contributed by atoms with E-state index in [1.807, 2.05) is 12.1 Å². The molecule has 4 rings (SSSR count). The third-order valence-corrected chi connectivity index (χ3v) is 6.16. The minimum Gasteiger partial charge on any atom is -0.391 e. The predicted molar refractivity (Wildman–Crippen MR) is 126 cm³/mol. The summed E-state index contributed by atoms with van der Waals surface area (Å²) >= 11 is 0. The molecule has 0 radical (unpaired) electrons. The first-order chi connectivity index (χ1) is 16.0. The van der Waals surface area contributed by atoms with Gasteiger partial charge in [-0.2, -0.15) is 0 Å². The molecule has 3 N–H and O–H groups in total. The van der Waals surface area contributed by atoms with E-state index >= 15 is 0 Å². The number of aliphatic hydroxyl groups excluding tert-OH is 1. The van der Waals surface area contributed by atoms with Crippen molar-refractivity contribution < 1.29 is 18.6 Å². The molecule has 6 heteroatoms. The van der Waals surface area contributed by atoms with Crippen LogP contribution in [0.3, 0.4) is 0 Å². The van der Waals surface area contributed by atoms with Crippen LogP contribution in [0, 0.1) is 11.6 Å². The molecule has 3 atom stereocenters. The Morgan fingerprint density at radius 3 is 2.00 bits per heavy atom. The highest BCUT2D eigenvalue weighted by Gasteiger charge is 2.35. The Kier molecular flexibility index (Phi) is 7.70. The van der Waals surface area contributed by atoms with Crippen LogP contribution < -0.4 is 10.6 Å². The Morgan fingerprint density at radius 2 is 1.48 bits per heavy atom. The van der Waals surface area contributed by atoms with Crippen LogP contribution in [-0.2, 0) is 11.3 Å². The lowest BCUT2D eigenvalue weighted by atomic mass is 9.82. The molecule has 0 aromatic heterocycles. The highest BCUT2D eigenvalue weighted by Crippen LogP contribution is 2.35. The van der Waals surface area contributed by atoms with Gasteiger partial charge in [0.05, 0.1) is 24.9 Å². The zero-order chi connectivity index (χ0) is 23.2. The SMILES string of the molecule is CCNc1ccc(CN[C@@H]2CO[C@H](C(c3ccc(F)cc3)c3ccc(F)cc3)C[C@H]2O)cc1. The lowest BCUT2D eigenvalue weighted by molar-refractivity contribution is -0.0718. The second-order valence-corrected chi connectivity index (χ2v) is 8.47. The van der Waals surface area contributed by atoms with Crippen molar-refractivity contribution in [2.75, 3.05) is 18.5 Å². The molecule has 1 aliphatic heterocycles. The molecule has 0 aliphatic carbocycles. The third kappa shape index (κ3) is 5.96. The number of hydrogen-bond donors (Lipinski definition) is 3. The molecule has 0 amide bonds. The van der Waals surface area contributed by atoms with Crippen LogP contribution in [-0.4, -0.2) is 36.5 Å². The number of hydrogen-bond acceptors (Lipinski definition) is 4. The molecule has 174 valence electrons. The average Bonchev–Trinajstić information content (AvgIpc) is 2.82. The lowest BCUT2D eigenvalue weighted by Crippen LogP contribution is -2.50. The largest absolute Gasteiger partial charge is 0.391 e. The first kappa shape index (κ1) is 23.4. The molecule has 4 nitrogen and oxygen atoms in total. The van der Waals surface area contributed by atoms with Crippen molar-refractivity contribution in [1.29, 1.82) is 0 Å². The standard InChI is InChI=1S/C27H30F2N2O2/c1-2-30-23-13-3-18(4-14-23)16-31-24-17-33-26(15-25(24)32)27(19-5-9-21(28)10-6-19)20-7-11-22(29)12-8-20/h3-14,24-27,30-32H,2,15-17H2,1H3/t24-,25-,26+/m1/s1. The van der Waals surface area contributed by atoms with E-state index in [4.69, 9.17) is 4.74 Å². The van der Waals surface area contributed by atoms with Crippen LogP contribution in [0.1, 0.15) is 36.0 Å². The van der Waals surface area contributed by atoms with Gasteiger partial charge in [0.1, 0.15) is 11.6 Å². The number of halogens is 2. The first-order valence-corrected chi connectivity index (χ1v) is 11.4. The van der Waals surface area contributed by atoms with Gasteiger partial charge in [0.25, 0.3) is 0 Å². The monoisotopic (exact) mass is 452 g/mol. The maximum absolute atomic E-state index is 13.5. The van der Waals surface area contributed by atoms with E-state index in [0.29, 0.717) is 19.6 Å². The van der Waals surface area contributed by atoms with Gasteiger partial charge in [-0.05, 0) is 60.0 Å². The van der Waals surface area contributed by atoms with Gasteiger partial charge in [0.2, 0.25) is 0 Å². The summed E-state index contributed by atoms with van der Waals surface area (Å²) in [4.78, 5) is 0. The van der Waals surface area contributed by atoms with Crippen LogP contribution in [0.5, 0.6) is 0 Å². The lowest BCUT2D eigenvalue weighted by Gasteiger charge is -2.38. The number of aliphatic hydroxyl groups is 1. The molecule has 1 aliphatic rings. The van der Waals surface area contributed by atoms with Crippen molar-refractivity contribution in [3.8, 4) is 0 Å². The van der Waals surface area contributed by atoms with Crippen molar-refractivity contribution >= 4 is 5.69 Å². The highest BCUT2D eigenvalue weighted by molar-refractivity contribution is 5.44. The van der Waals surface area contributed by atoms with Crippen molar-refractivity contribution in [3.63, 3.8) is 0 Å². The first-order valence-electron chi connectivity index (χ1n) is 11.4. The summed E-state index contributed by atoms with van der Waals surface area (Å²) in [6.45, 7) is 3.91. The number of nitrogens with one attached hydrogen (secondary N) is 2. The van der Waals surface area contributed by atoms with E-state index < -0.39 is 6.10 Å². The molecule has 1 fully saturated rings. The molecule has 0 bridgehead atoms. The summed E-state index contributed by atoms with van der Waals surface area (Å²) in [7, 11) is 0. The zero-order valence-electron chi connectivity index (χ0n) is 18.7. The van der Waals surface area contributed by atoms with Crippen molar-refractivity contribution in [1.82, 2.24) is 5.32 Å². The van der Waals surface area contributed by atoms with Gasteiger partial charge >= 0.3 is 0 Å². The van der Waals surface area contributed by atoms with E-state index in [0.717, 1.165) is 28.9 Å². The van der Waals surface area contributed by atoms with E-state index in [9.17, 15) is 13.9 Å². The van der Waals surface area contributed by atoms with Crippen molar-refractivity contribution in [2.45, 2.75) is 44.1 Å². The summed E-state index contributed by atoms with van der Waals surface area (Å²) in [5.41, 5.74) is 3.94. The second kappa shape index (κ2) is 10.9. The fraction of sp³-hybridized carbons (Fsp3) is 0.333. The number of rotatable bonds is 8. The summed E-state index contributed by atoms with van der Waals surface area (Å²) in [6.07, 6.45) is -0.502. The molecule has 1 heterocycles. The van der Waals surface area contributed by atoms with Crippen molar-refractivity contribution in [3.05, 3.63) is 101 Å². The predicted octanol–water partition coefficient (Wildman–Crippen LogP) is 4.84. The maximum atomic E-state index is 13.5. The Bertz CT molecular complexity index is 964. The summed E-state index contributed by atoms with van der Waals surface area (Å²) in [6, 6.07) is 20.5. The minimum atomic E-state index is -0.604. The topological polar surface area (TPSA) is 53.5 Å². The molecule has 0 spiro atoms. The zero-order valence-corrected chi connectivity index (χ0v) is 18.7. The summed E-state index contributed by atoms with van der Waals surface area (Å²) < 4.78 is 33.2. The van der Waals surface area contributed by atoms with E-state index in [2.05, 4.69) is 29.7 Å². The summed E-state index contributed by atoms with van der Waals surface area (Å²) in [5, 5.41) is 17.6. The van der Waals surface area contributed by atoms with Crippen LogP contribution >= 0.6 is 0 Å². The number of anilines is 1. The van der Waals surface area contributed by atoms with Gasteiger partial charge < -0.3 is 20.5 Å². The molecule has 3 aromatic rings. The Morgan fingerprint density at radius 1 is 0.909 bits per heavy atom. The molecule has 1 saturated heterocycles. The smallest absolute Gasteiger partial charge is 0.123 e. The van der Waals surface area contributed by atoms with Gasteiger partial charge in [-0.25, -0.2) is 8.78 Å². The second-order valence-electron chi connectivity index (χ2n) is 8.47. The van der Waals surface area contributed by atoms with Crippen LogP contribution in [0.4, 0.5) is 14.5 Å². The normalized spacial score (nSPS) is 20.7. The van der Waals surface area contributed by atoms with Gasteiger partial charge in [0.15, 0.2) is 0 Å². The molecule has 33 heavy (non-hydrogen) atoms. The van der Waals surface area contributed by atoms with Crippen LogP contribution in [0.15, 0.2) is 72.8 Å². The highest BCUT2D eigenvalue weighted by atomic mass is 19.1. The van der Waals surface area contributed by atoms with Crippen LogP contribution in [0.25, 0.3) is 0 Å². The van der Waals surface area contributed by atoms with Crippen LogP contribution in [0.2, 0.25) is 0 Å². The fourth-order valence-electron chi connectivity index (χ4n) is 4.39. The van der Waals surface area contributed by atoms with Gasteiger partial charge in [-0.1, -0.05) is 36.4 Å². The minimum absolute atomic E-state index is 0.197. The van der Waals surface area contributed by atoms with Gasteiger partial charge in [0, 0.05) is 31.1 Å². The van der Waals surface area contributed by atoms with E-state index in [1.54, 1.807) is 24.3 Å². The Hall–Kier alpha value is -2.80. The summed E-state index contributed by atoms with van der Waals surface area (Å²) in [5.74, 6) is -0.867. The average molecular weight is 453 g/mol. The number of benzene rings is 3. The fourth-order valence-corrected chi connectivity index (χ4v) is 4.39. The van der Waals surface area contributed by atoms with Gasteiger partial charge in [-0.3, -0.25) is 0 Å². The molecular formula is C27H30F2N2O2. The Labute approximate surface area is 193 Å². The van der Waals surface area contributed by atoms with E-state index in [-0.39, 0.29) is 29.7 Å².